The maximum Gasteiger partial charge on any atom is 0.145 e. The lowest BCUT2D eigenvalue weighted by Crippen LogP contribution is -2.38. The van der Waals surface area contributed by atoms with Crippen molar-refractivity contribution in [3.05, 3.63) is 29.8 Å². The van der Waals surface area contributed by atoms with Crippen LogP contribution < -0.4 is 10.1 Å². The van der Waals surface area contributed by atoms with Gasteiger partial charge in [0.1, 0.15) is 11.9 Å². The van der Waals surface area contributed by atoms with E-state index >= 15 is 0 Å². The molecule has 1 aliphatic heterocycles. The first-order chi connectivity index (χ1) is 6.88. The summed E-state index contributed by atoms with van der Waals surface area (Å²) in [7, 11) is 1.94. The van der Waals surface area contributed by atoms with E-state index < -0.39 is 0 Å². The van der Waals surface area contributed by atoms with Gasteiger partial charge >= 0.3 is 0 Å². The second-order valence-corrected chi connectivity index (χ2v) is 3.46. The van der Waals surface area contributed by atoms with Gasteiger partial charge in [0, 0.05) is 6.54 Å². The van der Waals surface area contributed by atoms with Gasteiger partial charge in [0.2, 0.25) is 0 Å². The fourth-order valence-corrected chi connectivity index (χ4v) is 1.41. The molecule has 0 aliphatic carbocycles. The first-order valence-corrected chi connectivity index (χ1v) is 4.86. The molecule has 0 bridgehead atoms. The molecule has 0 saturated carbocycles. The first-order valence-electron chi connectivity index (χ1n) is 4.86. The molecule has 3 heteroatoms. The van der Waals surface area contributed by atoms with E-state index in [4.69, 9.17) is 9.47 Å². The molecule has 1 N–H and O–H groups in total. The lowest BCUT2D eigenvalue weighted by atomic mass is 10.2. The Morgan fingerprint density at radius 2 is 2.36 bits per heavy atom. The topological polar surface area (TPSA) is 30.5 Å². The van der Waals surface area contributed by atoms with E-state index in [-0.39, 0.29) is 6.10 Å². The van der Waals surface area contributed by atoms with Gasteiger partial charge in [0.15, 0.2) is 0 Å². The highest BCUT2D eigenvalue weighted by Crippen LogP contribution is 2.17. The molecule has 0 spiro atoms. The minimum Gasteiger partial charge on any atom is -0.486 e. The third-order valence-electron chi connectivity index (χ3n) is 2.19. The molecule has 3 nitrogen and oxygen atoms in total. The summed E-state index contributed by atoms with van der Waals surface area (Å²) >= 11 is 0. The van der Waals surface area contributed by atoms with Crippen LogP contribution >= 0.6 is 0 Å². The highest BCUT2D eigenvalue weighted by Gasteiger charge is 2.19. The Morgan fingerprint density at radius 1 is 1.50 bits per heavy atom. The zero-order valence-corrected chi connectivity index (χ0v) is 8.32. The van der Waals surface area contributed by atoms with Crippen molar-refractivity contribution in [2.24, 2.45) is 0 Å². The summed E-state index contributed by atoms with van der Waals surface area (Å²) in [4.78, 5) is 0. The Kier molecular flexibility index (Phi) is 3.01. The highest BCUT2D eigenvalue weighted by atomic mass is 16.6. The molecule has 0 radical (unpaired) electrons. The second kappa shape index (κ2) is 4.44. The largest absolute Gasteiger partial charge is 0.486 e. The van der Waals surface area contributed by atoms with Crippen molar-refractivity contribution in [2.45, 2.75) is 12.6 Å². The van der Waals surface area contributed by atoms with E-state index in [2.05, 4.69) is 17.4 Å². The molecule has 2 rings (SSSR count). The van der Waals surface area contributed by atoms with Crippen molar-refractivity contribution >= 4 is 0 Å². The minimum absolute atomic E-state index is 0.250. The van der Waals surface area contributed by atoms with Crippen LogP contribution in [0.15, 0.2) is 24.3 Å². The number of ether oxygens (including phenoxy) is 2. The predicted molar refractivity (Wildman–Crippen MR) is 54.4 cm³/mol. The lowest BCUT2D eigenvalue weighted by molar-refractivity contribution is -0.0797. The summed E-state index contributed by atoms with van der Waals surface area (Å²) in [6.07, 6.45) is 0.250. The summed E-state index contributed by atoms with van der Waals surface area (Å²) in [6.45, 7) is 2.31. The van der Waals surface area contributed by atoms with Crippen LogP contribution in [-0.4, -0.2) is 26.4 Å². The summed E-state index contributed by atoms with van der Waals surface area (Å²) < 4.78 is 10.7. The fourth-order valence-electron chi connectivity index (χ4n) is 1.41. The van der Waals surface area contributed by atoms with Crippen LogP contribution in [0.3, 0.4) is 0 Å². The smallest absolute Gasteiger partial charge is 0.145 e. The van der Waals surface area contributed by atoms with Gasteiger partial charge in [-0.2, -0.15) is 0 Å². The fraction of sp³-hybridized carbons (Fsp3) is 0.455. The van der Waals surface area contributed by atoms with Crippen molar-refractivity contribution in [1.82, 2.24) is 5.32 Å². The number of benzene rings is 1. The Hall–Kier alpha value is -1.06. The minimum atomic E-state index is 0.250. The van der Waals surface area contributed by atoms with Crippen LogP contribution in [0.1, 0.15) is 5.56 Å². The first kappa shape index (κ1) is 9.49. The molecule has 1 aromatic carbocycles. The van der Waals surface area contributed by atoms with E-state index in [0.717, 1.165) is 25.5 Å². The van der Waals surface area contributed by atoms with E-state index in [1.807, 2.05) is 19.2 Å². The van der Waals surface area contributed by atoms with Gasteiger partial charge in [-0.25, -0.2) is 0 Å². The quantitative estimate of drug-likeness (QED) is 0.779. The molecule has 0 aromatic heterocycles. The molecule has 76 valence electrons. The molecule has 0 atom stereocenters. The number of rotatable bonds is 4. The second-order valence-electron chi connectivity index (χ2n) is 3.46. The third-order valence-corrected chi connectivity index (χ3v) is 2.19. The van der Waals surface area contributed by atoms with E-state index in [9.17, 15) is 0 Å². The van der Waals surface area contributed by atoms with Gasteiger partial charge in [-0.1, -0.05) is 12.1 Å². The Labute approximate surface area is 84.0 Å². The monoisotopic (exact) mass is 193 g/mol. The Morgan fingerprint density at radius 3 is 3.00 bits per heavy atom. The maximum atomic E-state index is 5.68. The van der Waals surface area contributed by atoms with Crippen LogP contribution in [0.2, 0.25) is 0 Å². The summed E-state index contributed by atoms with van der Waals surface area (Å²) in [6, 6.07) is 8.15. The molecular formula is C11H15NO2. The molecule has 1 aliphatic rings. The molecular weight excluding hydrogens is 178 g/mol. The van der Waals surface area contributed by atoms with Crippen LogP contribution in [0, 0.1) is 0 Å². The summed E-state index contributed by atoms with van der Waals surface area (Å²) in [5, 5.41) is 3.11. The van der Waals surface area contributed by atoms with Crippen molar-refractivity contribution in [1.29, 1.82) is 0 Å². The number of hydrogen-bond acceptors (Lipinski definition) is 3. The third kappa shape index (κ3) is 2.25. The average Bonchev–Trinajstić information content (AvgIpc) is 2.13. The van der Waals surface area contributed by atoms with E-state index in [1.165, 1.54) is 5.56 Å². The van der Waals surface area contributed by atoms with Gasteiger partial charge < -0.3 is 14.8 Å². The van der Waals surface area contributed by atoms with Crippen molar-refractivity contribution in [2.75, 3.05) is 20.3 Å². The average molecular weight is 193 g/mol. The van der Waals surface area contributed by atoms with Gasteiger partial charge in [-0.15, -0.1) is 0 Å². The standard InChI is InChI=1S/C11H15NO2/c1-12-6-9-3-2-4-10(5-9)14-11-7-13-8-11/h2-5,11-12H,6-8H2,1H3. The Bertz CT molecular complexity index is 297. The number of nitrogens with one attached hydrogen (secondary N) is 1. The van der Waals surface area contributed by atoms with E-state index in [0.29, 0.717) is 0 Å². The molecule has 1 saturated heterocycles. The normalized spacial score (nSPS) is 16.4. The lowest BCUT2D eigenvalue weighted by Gasteiger charge is -2.26. The summed E-state index contributed by atoms with van der Waals surface area (Å²) in [5.41, 5.74) is 1.24. The molecule has 0 unspecified atom stereocenters. The van der Waals surface area contributed by atoms with Gasteiger partial charge in [-0.05, 0) is 24.7 Å². The van der Waals surface area contributed by atoms with E-state index in [1.54, 1.807) is 0 Å². The van der Waals surface area contributed by atoms with Crippen molar-refractivity contribution in [3.63, 3.8) is 0 Å². The predicted octanol–water partition coefficient (Wildman–Crippen LogP) is 1.18. The number of hydrogen-bond donors (Lipinski definition) is 1. The van der Waals surface area contributed by atoms with Crippen LogP contribution in [0.4, 0.5) is 0 Å². The van der Waals surface area contributed by atoms with Crippen LogP contribution in [-0.2, 0) is 11.3 Å². The SMILES string of the molecule is CNCc1cccc(OC2COC2)c1. The molecule has 1 heterocycles. The maximum absolute atomic E-state index is 5.68. The molecule has 0 amide bonds. The molecule has 1 aromatic rings. The molecule has 1 fully saturated rings. The zero-order valence-electron chi connectivity index (χ0n) is 8.32. The highest BCUT2D eigenvalue weighted by molar-refractivity contribution is 5.28. The van der Waals surface area contributed by atoms with Crippen molar-refractivity contribution < 1.29 is 9.47 Å². The molecule has 14 heavy (non-hydrogen) atoms. The van der Waals surface area contributed by atoms with Crippen LogP contribution in [0.25, 0.3) is 0 Å². The Balaban J connectivity index is 1.97. The zero-order chi connectivity index (χ0) is 9.80. The van der Waals surface area contributed by atoms with Gasteiger partial charge in [-0.3, -0.25) is 0 Å². The van der Waals surface area contributed by atoms with Gasteiger partial charge in [0.25, 0.3) is 0 Å². The van der Waals surface area contributed by atoms with Crippen molar-refractivity contribution in [3.8, 4) is 5.75 Å². The summed E-state index contributed by atoms with van der Waals surface area (Å²) in [5.74, 6) is 0.936. The van der Waals surface area contributed by atoms with Gasteiger partial charge in [0.05, 0.1) is 13.2 Å². The van der Waals surface area contributed by atoms with Crippen LogP contribution in [0.5, 0.6) is 5.75 Å².